The van der Waals surface area contributed by atoms with Gasteiger partial charge in [-0.2, -0.15) is 11.8 Å². The molecule has 1 N–H and O–H groups in total. The molecule has 2 rings (SSSR count). The number of carbonyl (C=O) groups excluding carboxylic acids is 1. The second kappa shape index (κ2) is 9.12. The van der Waals surface area contributed by atoms with Crippen LogP contribution in [0.4, 0.5) is 0 Å². The lowest BCUT2D eigenvalue weighted by Gasteiger charge is -2.30. The lowest BCUT2D eigenvalue weighted by molar-refractivity contribution is 0.0956. The van der Waals surface area contributed by atoms with E-state index < -0.39 is 10.0 Å². The molecule has 0 atom stereocenters. The number of amides is 1. The van der Waals surface area contributed by atoms with Crippen LogP contribution in [0.2, 0.25) is 5.02 Å². The van der Waals surface area contributed by atoms with E-state index in [1.165, 1.54) is 10.6 Å². The summed E-state index contributed by atoms with van der Waals surface area (Å²) in [6, 6.07) is 4.97. The van der Waals surface area contributed by atoms with Gasteiger partial charge in [0, 0.05) is 31.0 Å². The summed E-state index contributed by atoms with van der Waals surface area (Å²) >= 11 is 7.90. The number of hydrogen-bond donors (Lipinski definition) is 1. The van der Waals surface area contributed by atoms with Gasteiger partial charge >= 0.3 is 0 Å². The van der Waals surface area contributed by atoms with Crippen LogP contribution in [-0.2, 0) is 10.0 Å². The zero-order valence-electron chi connectivity index (χ0n) is 14.3. The second-order valence-electron chi connectivity index (χ2n) is 5.87. The van der Waals surface area contributed by atoms with Gasteiger partial charge in [0.15, 0.2) is 0 Å². The normalized spacial score (nSPS) is 16.6. The lowest BCUT2D eigenvalue weighted by Crippen LogP contribution is -2.41. The Morgan fingerprint density at radius 1 is 1.40 bits per heavy atom. The van der Waals surface area contributed by atoms with E-state index in [-0.39, 0.29) is 12.0 Å². The number of nitrogens with zero attached hydrogens (tertiary/aromatic N) is 1. The molecule has 0 radical (unpaired) electrons. The third kappa shape index (κ3) is 6.06. The van der Waals surface area contributed by atoms with Crippen molar-refractivity contribution < 1.29 is 17.9 Å². The Kier molecular flexibility index (Phi) is 7.42. The topological polar surface area (TPSA) is 75.7 Å². The zero-order chi connectivity index (χ0) is 18.4. The molecule has 1 heterocycles. The molecule has 0 unspecified atom stereocenters. The van der Waals surface area contributed by atoms with Crippen molar-refractivity contribution in [1.29, 1.82) is 0 Å². The highest BCUT2D eigenvalue weighted by Gasteiger charge is 2.26. The quantitative estimate of drug-likeness (QED) is 0.703. The molecule has 6 nitrogen and oxygen atoms in total. The molecule has 0 bridgehead atoms. The molecule has 25 heavy (non-hydrogen) atoms. The van der Waals surface area contributed by atoms with Gasteiger partial charge in [-0.15, -0.1) is 0 Å². The first-order valence-electron chi connectivity index (χ1n) is 7.99. The largest absolute Gasteiger partial charge is 0.489 e. The zero-order valence-corrected chi connectivity index (χ0v) is 16.7. The van der Waals surface area contributed by atoms with Gasteiger partial charge in [-0.05, 0) is 37.3 Å². The van der Waals surface area contributed by atoms with Crippen molar-refractivity contribution in [2.24, 2.45) is 0 Å². The lowest BCUT2D eigenvalue weighted by atomic mass is 10.1. The molecule has 1 aliphatic rings. The van der Waals surface area contributed by atoms with Gasteiger partial charge in [-0.25, -0.2) is 12.7 Å². The summed E-state index contributed by atoms with van der Waals surface area (Å²) in [5.41, 5.74) is 0.491. The predicted molar refractivity (Wildman–Crippen MR) is 102 cm³/mol. The Morgan fingerprint density at radius 3 is 2.64 bits per heavy atom. The summed E-state index contributed by atoms with van der Waals surface area (Å²) in [5.74, 6) is 1.21. The minimum absolute atomic E-state index is 0.0863. The maximum atomic E-state index is 12.0. The number of halogens is 1. The van der Waals surface area contributed by atoms with Gasteiger partial charge in [0.1, 0.15) is 11.9 Å². The first kappa shape index (κ1) is 20.4. The highest BCUT2D eigenvalue weighted by atomic mass is 35.5. The molecule has 1 aliphatic heterocycles. The monoisotopic (exact) mass is 406 g/mol. The maximum absolute atomic E-state index is 12.0. The number of thioether (sulfide) groups is 1. The van der Waals surface area contributed by atoms with Crippen LogP contribution in [0, 0.1) is 0 Å². The van der Waals surface area contributed by atoms with E-state index in [0.29, 0.717) is 48.8 Å². The summed E-state index contributed by atoms with van der Waals surface area (Å²) in [5, 5.41) is 3.20. The average Bonchev–Trinajstić information content (AvgIpc) is 2.56. The van der Waals surface area contributed by atoms with E-state index in [1.54, 1.807) is 30.0 Å². The first-order chi connectivity index (χ1) is 11.8. The van der Waals surface area contributed by atoms with Crippen molar-refractivity contribution in [3.8, 4) is 5.75 Å². The number of benzene rings is 1. The fourth-order valence-electron chi connectivity index (χ4n) is 2.57. The number of piperidine rings is 1. The molecule has 1 saturated heterocycles. The molecule has 140 valence electrons. The molecule has 0 aromatic heterocycles. The molecule has 1 aromatic rings. The van der Waals surface area contributed by atoms with Crippen LogP contribution in [0.15, 0.2) is 18.2 Å². The fourth-order valence-corrected chi connectivity index (χ4v) is 3.97. The van der Waals surface area contributed by atoms with Crippen LogP contribution < -0.4 is 10.1 Å². The first-order valence-corrected chi connectivity index (χ1v) is 11.6. The van der Waals surface area contributed by atoms with E-state index in [1.807, 2.05) is 6.26 Å². The smallest absolute Gasteiger partial charge is 0.251 e. The third-order valence-electron chi connectivity index (χ3n) is 3.95. The van der Waals surface area contributed by atoms with E-state index >= 15 is 0 Å². The highest BCUT2D eigenvalue weighted by Crippen LogP contribution is 2.28. The summed E-state index contributed by atoms with van der Waals surface area (Å²) < 4.78 is 30.4. The van der Waals surface area contributed by atoms with Crippen molar-refractivity contribution >= 4 is 39.3 Å². The number of ether oxygens (including phenoxy) is 1. The minimum Gasteiger partial charge on any atom is -0.489 e. The van der Waals surface area contributed by atoms with Crippen molar-refractivity contribution in [3.63, 3.8) is 0 Å². The summed E-state index contributed by atoms with van der Waals surface area (Å²) in [6.07, 6.45) is 4.33. The van der Waals surface area contributed by atoms with Crippen molar-refractivity contribution in [2.45, 2.75) is 18.9 Å². The van der Waals surface area contributed by atoms with Crippen LogP contribution in [0.1, 0.15) is 23.2 Å². The molecular weight excluding hydrogens is 384 g/mol. The van der Waals surface area contributed by atoms with Gasteiger partial charge in [0.25, 0.3) is 5.91 Å². The molecular formula is C16H23ClN2O4S2. The van der Waals surface area contributed by atoms with Crippen LogP contribution in [0.3, 0.4) is 0 Å². The number of hydrogen-bond acceptors (Lipinski definition) is 5. The van der Waals surface area contributed by atoms with E-state index in [9.17, 15) is 13.2 Å². The Bertz CT molecular complexity index is 704. The van der Waals surface area contributed by atoms with Gasteiger partial charge in [-0.1, -0.05) is 11.6 Å². The number of nitrogens with one attached hydrogen (secondary N) is 1. The predicted octanol–water partition coefficient (Wildman–Crippen LogP) is 2.24. The molecule has 9 heteroatoms. The number of sulfonamides is 1. The summed E-state index contributed by atoms with van der Waals surface area (Å²) in [4.78, 5) is 12.0. The van der Waals surface area contributed by atoms with Gasteiger partial charge in [-0.3, -0.25) is 4.79 Å². The van der Waals surface area contributed by atoms with Crippen LogP contribution >= 0.6 is 23.4 Å². The molecule has 0 spiro atoms. The van der Waals surface area contributed by atoms with Crippen molar-refractivity contribution in [2.75, 3.05) is 37.9 Å². The van der Waals surface area contributed by atoms with E-state index in [4.69, 9.17) is 16.3 Å². The Balaban J connectivity index is 1.92. The Labute approximate surface area is 158 Å². The van der Waals surface area contributed by atoms with Crippen molar-refractivity contribution in [1.82, 2.24) is 9.62 Å². The minimum atomic E-state index is -3.15. The highest BCUT2D eigenvalue weighted by molar-refractivity contribution is 7.98. The number of rotatable bonds is 7. The Hall–Kier alpha value is -0.960. The second-order valence-corrected chi connectivity index (χ2v) is 9.25. The number of carbonyl (C=O) groups is 1. The molecule has 1 aromatic carbocycles. The van der Waals surface area contributed by atoms with Crippen LogP contribution in [0.25, 0.3) is 0 Å². The summed E-state index contributed by atoms with van der Waals surface area (Å²) in [6.45, 7) is 1.49. The van der Waals surface area contributed by atoms with Gasteiger partial charge in [0.2, 0.25) is 10.0 Å². The molecule has 0 saturated carbocycles. The molecule has 1 amide bonds. The van der Waals surface area contributed by atoms with E-state index in [2.05, 4.69) is 5.32 Å². The maximum Gasteiger partial charge on any atom is 0.251 e. The summed E-state index contributed by atoms with van der Waals surface area (Å²) in [7, 11) is -3.15. The third-order valence-corrected chi connectivity index (χ3v) is 6.16. The average molecular weight is 407 g/mol. The Morgan fingerprint density at radius 2 is 2.08 bits per heavy atom. The van der Waals surface area contributed by atoms with E-state index in [0.717, 1.165) is 5.75 Å². The van der Waals surface area contributed by atoms with Crippen molar-refractivity contribution in [3.05, 3.63) is 28.8 Å². The fraction of sp³-hybridized carbons (Fsp3) is 0.562. The van der Waals surface area contributed by atoms with Crippen LogP contribution in [0.5, 0.6) is 5.75 Å². The van der Waals surface area contributed by atoms with Gasteiger partial charge in [0.05, 0.1) is 11.3 Å². The molecule has 0 aliphatic carbocycles. The standard InChI is InChI=1S/C16H23ClN2O4S2/c1-24-10-7-18-16(20)12-3-4-15(14(17)11-12)23-13-5-8-19(9-6-13)25(2,21)22/h3-4,11,13H,5-10H2,1-2H3,(H,18,20). The van der Waals surface area contributed by atoms with Gasteiger partial charge < -0.3 is 10.1 Å². The van der Waals surface area contributed by atoms with Crippen LogP contribution in [-0.4, -0.2) is 62.6 Å². The SMILES string of the molecule is CSCCNC(=O)c1ccc(OC2CCN(S(C)(=O)=O)CC2)c(Cl)c1. The molecule has 1 fully saturated rings.